The van der Waals surface area contributed by atoms with Crippen molar-refractivity contribution >= 4 is 11.9 Å². The van der Waals surface area contributed by atoms with Crippen molar-refractivity contribution in [3.05, 3.63) is 48.0 Å². The number of para-hydroxylation sites is 1. The van der Waals surface area contributed by atoms with Crippen molar-refractivity contribution in [2.75, 3.05) is 26.6 Å². The summed E-state index contributed by atoms with van der Waals surface area (Å²) in [4.78, 5) is 26.8. The second kappa shape index (κ2) is 7.10. The zero-order valence-corrected chi connectivity index (χ0v) is 16.0. The molecule has 0 bridgehead atoms. The van der Waals surface area contributed by atoms with Crippen LogP contribution >= 0.6 is 0 Å². The van der Waals surface area contributed by atoms with Gasteiger partial charge >= 0.3 is 6.03 Å². The summed E-state index contributed by atoms with van der Waals surface area (Å²) in [6.45, 7) is 0.194. The molecular weight excluding hydrogens is 392 g/mol. The van der Waals surface area contributed by atoms with Gasteiger partial charge in [0.25, 0.3) is 5.91 Å². The molecule has 1 spiro atoms. The number of nitrogens with zero attached hydrogens (tertiary/aromatic N) is 1. The first kappa shape index (κ1) is 18.6. The Hall–Kier alpha value is -3.46. The highest BCUT2D eigenvalue weighted by atomic mass is 16.7. The molecule has 0 aromatic heterocycles. The van der Waals surface area contributed by atoms with E-state index in [4.69, 9.17) is 18.9 Å². The van der Waals surface area contributed by atoms with Gasteiger partial charge < -0.3 is 29.4 Å². The number of hydrogen-bond acceptors (Lipinski definition) is 7. The molecule has 30 heavy (non-hydrogen) atoms. The van der Waals surface area contributed by atoms with Gasteiger partial charge in [0.1, 0.15) is 24.2 Å². The normalized spacial score (nSPS) is 22.5. The van der Waals surface area contributed by atoms with E-state index < -0.39 is 23.6 Å². The number of nitrogens with one attached hydrogen (secondary N) is 1. The number of rotatable bonds is 5. The summed E-state index contributed by atoms with van der Waals surface area (Å²) < 4.78 is 21.8. The number of aliphatic hydroxyl groups excluding tert-OH is 1. The Balaban J connectivity index is 1.26. The minimum Gasteiger partial charge on any atom is -0.493 e. The lowest BCUT2D eigenvalue weighted by molar-refractivity contribution is -0.133. The maximum atomic E-state index is 13.2. The molecule has 0 radical (unpaired) electrons. The fraction of sp³-hybridized carbons (Fsp3) is 0.333. The lowest BCUT2D eigenvalue weighted by Gasteiger charge is -2.33. The number of carbonyl (C=O) groups excluding carboxylic acids is 2. The van der Waals surface area contributed by atoms with Gasteiger partial charge in [0.2, 0.25) is 6.79 Å². The average molecular weight is 412 g/mol. The molecule has 0 saturated carbocycles. The molecule has 9 heteroatoms. The molecule has 0 aliphatic carbocycles. The van der Waals surface area contributed by atoms with Crippen molar-refractivity contribution in [3.63, 3.8) is 0 Å². The summed E-state index contributed by atoms with van der Waals surface area (Å²) in [5.74, 6) is 1.86. The molecule has 5 rings (SSSR count). The molecular formula is C21H20N2O7. The van der Waals surface area contributed by atoms with Crippen LogP contribution in [0.15, 0.2) is 42.5 Å². The number of carbonyl (C=O) groups is 2. The van der Waals surface area contributed by atoms with E-state index in [9.17, 15) is 14.7 Å². The van der Waals surface area contributed by atoms with Gasteiger partial charge in [0.05, 0.1) is 13.2 Å². The van der Waals surface area contributed by atoms with E-state index >= 15 is 0 Å². The third kappa shape index (κ3) is 2.98. The van der Waals surface area contributed by atoms with Crippen molar-refractivity contribution in [1.29, 1.82) is 0 Å². The minimum absolute atomic E-state index is 0.0938. The lowest BCUT2D eigenvalue weighted by atomic mass is 9.84. The summed E-state index contributed by atoms with van der Waals surface area (Å²) in [7, 11) is 0. The topological polar surface area (TPSA) is 107 Å². The largest absolute Gasteiger partial charge is 0.493 e. The van der Waals surface area contributed by atoms with Crippen LogP contribution in [0.3, 0.4) is 0 Å². The molecule has 2 atom stereocenters. The maximum absolute atomic E-state index is 13.2. The Morgan fingerprint density at radius 2 is 1.93 bits per heavy atom. The second-order valence-corrected chi connectivity index (χ2v) is 7.33. The highest BCUT2D eigenvalue weighted by molar-refractivity contribution is 6.08. The van der Waals surface area contributed by atoms with Crippen LogP contribution in [0, 0.1) is 0 Å². The number of β-amino-alcohol motifs (C(OH)–C–C–N with tert-alkyl or cyclic N) is 1. The molecule has 156 valence electrons. The Morgan fingerprint density at radius 3 is 2.83 bits per heavy atom. The van der Waals surface area contributed by atoms with Crippen molar-refractivity contribution in [3.8, 4) is 23.0 Å². The van der Waals surface area contributed by atoms with E-state index in [1.165, 1.54) is 0 Å². The zero-order chi connectivity index (χ0) is 20.7. The van der Waals surface area contributed by atoms with E-state index in [2.05, 4.69) is 5.32 Å². The van der Waals surface area contributed by atoms with Gasteiger partial charge in [-0.2, -0.15) is 0 Å². The van der Waals surface area contributed by atoms with Gasteiger partial charge in [-0.05, 0) is 18.2 Å². The molecule has 2 N–H and O–H groups in total. The Bertz CT molecular complexity index is 1010. The molecule has 9 nitrogen and oxygen atoms in total. The highest BCUT2D eigenvalue weighted by Crippen LogP contribution is 2.41. The molecule has 2 aromatic carbocycles. The van der Waals surface area contributed by atoms with Crippen LogP contribution in [-0.4, -0.2) is 54.6 Å². The summed E-state index contributed by atoms with van der Waals surface area (Å²) in [6, 6.07) is 11.7. The van der Waals surface area contributed by atoms with Crippen LogP contribution in [0.4, 0.5) is 4.79 Å². The molecule has 3 aliphatic heterocycles. The number of aliphatic hydroxyl groups is 1. The first-order chi connectivity index (χ1) is 14.6. The van der Waals surface area contributed by atoms with E-state index in [0.29, 0.717) is 41.6 Å². The molecule has 3 heterocycles. The monoisotopic (exact) mass is 412 g/mol. The fourth-order valence-electron chi connectivity index (χ4n) is 3.96. The van der Waals surface area contributed by atoms with Crippen molar-refractivity contribution in [2.24, 2.45) is 0 Å². The number of ether oxygens (including phenoxy) is 4. The van der Waals surface area contributed by atoms with Crippen LogP contribution < -0.4 is 24.3 Å². The number of benzene rings is 2. The van der Waals surface area contributed by atoms with Gasteiger partial charge in [-0.3, -0.25) is 9.69 Å². The smallest absolute Gasteiger partial charge is 0.325 e. The second-order valence-electron chi connectivity index (χ2n) is 7.33. The molecule has 1 saturated heterocycles. The lowest BCUT2D eigenvalue weighted by Crippen LogP contribution is -2.48. The quantitative estimate of drug-likeness (QED) is 0.715. The molecule has 3 aliphatic rings. The zero-order valence-electron chi connectivity index (χ0n) is 16.0. The standard InChI is InChI=1S/C21H20N2O7/c24-13(11-28-14-5-6-17-18(9-14)30-12-29-17)10-23-19(25)21(22-20(23)26)7-8-27-16-4-2-1-3-15(16)21/h1-6,9,13,24H,7-8,10-12H2,(H,22,26). The third-order valence-electron chi connectivity index (χ3n) is 5.44. The van der Waals surface area contributed by atoms with Gasteiger partial charge in [-0.1, -0.05) is 18.2 Å². The van der Waals surface area contributed by atoms with Crippen molar-refractivity contribution in [2.45, 2.75) is 18.1 Å². The number of urea groups is 1. The number of fused-ring (bicyclic) bond motifs is 3. The molecule has 1 fully saturated rings. The number of imide groups is 1. The Kier molecular flexibility index (Phi) is 4.39. The number of hydrogen-bond donors (Lipinski definition) is 2. The molecule has 2 unspecified atom stereocenters. The summed E-state index contributed by atoms with van der Waals surface area (Å²) >= 11 is 0. The van der Waals surface area contributed by atoms with Gasteiger partial charge in [-0.25, -0.2) is 4.79 Å². The predicted molar refractivity (Wildman–Crippen MR) is 103 cm³/mol. The minimum atomic E-state index is -1.16. The SMILES string of the molecule is O=C1NC2(CCOc3ccccc32)C(=O)N1CC(O)COc1ccc2c(c1)OCO2. The Morgan fingerprint density at radius 1 is 1.10 bits per heavy atom. The predicted octanol–water partition coefficient (Wildman–Crippen LogP) is 1.38. The van der Waals surface area contributed by atoms with Crippen molar-refractivity contribution < 1.29 is 33.6 Å². The van der Waals surface area contributed by atoms with Crippen LogP contribution in [-0.2, 0) is 10.3 Å². The summed E-state index contributed by atoms with van der Waals surface area (Å²) in [6.07, 6.45) is -0.732. The van der Waals surface area contributed by atoms with Gasteiger partial charge in [-0.15, -0.1) is 0 Å². The van der Waals surface area contributed by atoms with E-state index in [-0.39, 0.29) is 19.9 Å². The summed E-state index contributed by atoms with van der Waals surface area (Å²) in [5, 5.41) is 13.2. The van der Waals surface area contributed by atoms with Crippen LogP contribution in [0.1, 0.15) is 12.0 Å². The van der Waals surface area contributed by atoms with Crippen LogP contribution in [0.25, 0.3) is 0 Å². The summed E-state index contributed by atoms with van der Waals surface area (Å²) in [5.41, 5.74) is -0.535. The number of amides is 3. The van der Waals surface area contributed by atoms with Crippen molar-refractivity contribution in [1.82, 2.24) is 10.2 Å². The average Bonchev–Trinajstić information content (AvgIpc) is 3.31. The van der Waals surface area contributed by atoms with E-state index in [0.717, 1.165) is 4.90 Å². The fourth-order valence-corrected chi connectivity index (χ4v) is 3.96. The first-order valence-electron chi connectivity index (χ1n) is 9.64. The third-order valence-corrected chi connectivity index (χ3v) is 5.44. The van der Waals surface area contributed by atoms with Crippen LogP contribution in [0.2, 0.25) is 0 Å². The van der Waals surface area contributed by atoms with Crippen LogP contribution in [0.5, 0.6) is 23.0 Å². The first-order valence-corrected chi connectivity index (χ1v) is 9.64. The molecule has 2 aromatic rings. The molecule has 3 amide bonds. The van der Waals surface area contributed by atoms with Gasteiger partial charge in [0, 0.05) is 18.1 Å². The van der Waals surface area contributed by atoms with E-state index in [1.807, 2.05) is 6.07 Å². The maximum Gasteiger partial charge on any atom is 0.325 e. The van der Waals surface area contributed by atoms with Gasteiger partial charge in [0.15, 0.2) is 17.0 Å². The van der Waals surface area contributed by atoms with E-state index in [1.54, 1.807) is 36.4 Å². The highest BCUT2D eigenvalue weighted by Gasteiger charge is 2.55. The Labute approximate surface area is 172 Å².